The molecule has 1 aliphatic carbocycles. The minimum atomic E-state index is -0.669. The van der Waals surface area contributed by atoms with Crippen molar-refractivity contribution in [3.05, 3.63) is 46.0 Å². The lowest BCUT2D eigenvalue weighted by Gasteiger charge is -2.10. The molecule has 0 radical (unpaired) electrons. The average molecular weight is 320 g/mol. The lowest BCUT2D eigenvalue weighted by atomic mass is 10.3. The van der Waals surface area contributed by atoms with Crippen LogP contribution in [-0.4, -0.2) is 17.7 Å². The van der Waals surface area contributed by atoms with Gasteiger partial charge < -0.3 is 20.2 Å². The Labute approximate surface area is 133 Å². The van der Waals surface area contributed by atoms with E-state index in [4.69, 9.17) is 4.42 Å². The molecule has 5 nitrogen and oxygen atoms in total. The second-order valence-electron chi connectivity index (χ2n) is 5.72. The van der Waals surface area contributed by atoms with Gasteiger partial charge in [0.2, 0.25) is 0 Å². The maximum absolute atomic E-state index is 11.7. The molecule has 0 bridgehead atoms. The van der Waals surface area contributed by atoms with E-state index in [9.17, 15) is 9.90 Å². The third kappa shape index (κ3) is 3.69. The maximum atomic E-state index is 11.7. The third-order valence-electron chi connectivity index (χ3n) is 3.91. The van der Waals surface area contributed by atoms with Crippen LogP contribution in [0.15, 0.2) is 34.1 Å². The lowest BCUT2D eigenvalue weighted by molar-refractivity contribution is 0.176. The van der Waals surface area contributed by atoms with E-state index in [2.05, 4.69) is 17.6 Å². The summed E-state index contributed by atoms with van der Waals surface area (Å²) in [6.45, 7) is 2.74. The molecule has 118 valence electrons. The summed E-state index contributed by atoms with van der Waals surface area (Å²) in [4.78, 5) is 12.6. The van der Waals surface area contributed by atoms with E-state index < -0.39 is 6.10 Å². The van der Waals surface area contributed by atoms with Crippen molar-refractivity contribution >= 4 is 17.4 Å². The molecule has 0 spiro atoms. The fraction of sp³-hybridized carbons (Fsp3) is 0.438. The Bertz CT molecular complexity index is 623. The third-order valence-corrected chi connectivity index (χ3v) is 4.88. The average Bonchev–Trinajstić information content (AvgIpc) is 2.98. The predicted molar refractivity (Wildman–Crippen MR) is 84.7 cm³/mol. The topological polar surface area (TPSA) is 74.5 Å². The minimum absolute atomic E-state index is 0.190. The van der Waals surface area contributed by atoms with E-state index in [-0.39, 0.29) is 12.6 Å². The summed E-state index contributed by atoms with van der Waals surface area (Å²) < 4.78 is 5.72. The molecule has 3 N–H and O–H groups in total. The number of hydrogen-bond donors (Lipinski definition) is 3. The van der Waals surface area contributed by atoms with Crippen LogP contribution in [0.2, 0.25) is 0 Å². The number of hydrogen-bond acceptors (Lipinski definition) is 4. The number of carbonyl (C=O) groups excluding carboxylic acids is 1. The van der Waals surface area contributed by atoms with Crippen molar-refractivity contribution in [2.24, 2.45) is 5.92 Å². The van der Waals surface area contributed by atoms with Crippen molar-refractivity contribution < 1.29 is 14.3 Å². The summed E-state index contributed by atoms with van der Waals surface area (Å²) in [5, 5.41) is 17.2. The lowest BCUT2D eigenvalue weighted by Crippen LogP contribution is -2.37. The van der Waals surface area contributed by atoms with Crippen molar-refractivity contribution in [3.63, 3.8) is 0 Å². The fourth-order valence-electron chi connectivity index (χ4n) is 2.41. The van der Waals surface area contributed by atoms with Gasteiger partial charge in [-0.1, -0.05) is 13.0 Å². The number of nitrogens with one attached hydrogen (secondary N) is 2. The molecule has 2 amide bonds. The monoisotopic (exact) mass is 320 g/mol. The van der Waals surface area contributed by atoms with E-state index in [1.54, 1.807) is 0 Å². The second kappa shape index (κ2) is 6.54. The molecular weight excluding hydrogens is 300 g/mol. The number of furan rings is 1. The second-order valence-corrected chi connectivity index (χ2v) is 6.70. The van der Waals surface area contributed by atoms with E-state index >= 15 is 0 Å². The molecular formula is C16H20N2O3S. The molecule has 6 heteroatoms. The normalized spacial score (nSPS) is 21.4. The summed E-state index contributed by atoms with van der Waals surface area (Å²) in [5.74, 6) is 3.01. The first-order chi connectivity index (χ1) is 10.6. The van der Waals surface area contributed by atoms with Crippen LogP contribution < -0.4 is 10.6 Å². The Balaban J connectivity index is 1.39. The Morgan fingerprint density at radius 3 is 2.95 bits per heavy atom. The Morgan fingerprint density at radius 1 is 1.45 bits per heavy atom. The van der Waals surface area contributed by atoms with Gasteiger partial charge in [-0.2, -0.15) is 0 Å². The molecule has 2 heterocycles. The van der Waals surface area contributed by atoms with Crippen LogP contribution in [0.1, 0.15) is 41.8 Å². The summed E-state index contributed by atoms with van der Waals surface area (Å²) in [7, 11) is 0. The van der Waals surface area contributed by atoms with Crippen LogP contribution in [0.25, 0.3) is 0 Å². The van der Waals surface area contributed by atoms with Crippen molar-refractivity contribution in [2.75, 3.05) is 6.54 Å². The largest absolute Gasteiger partial charge is 0.464 e. The molecule has 2 aromatic heterocycles. The molecule has 2 aromatic rings. The van der Waals surface area contributed by atoms with Gasteiger partial charge in [-0.25, -0.2) is 4.79 Å². The molecule has 22 heavy (non-hydrogen) atoms. The number of amides is 2. The first-order valence-corrected chi connectivity index (χ1v) is 8.33. The molecule has 3 atom stereocenters. The van der Waals surface area contributed by atoms with Gasteiger partial charge in [0, 0.05) is 10.8 Å². The number of rotatable bonds is 6. The predicted octanol–water partition coefficient (Wildman–Crippen LogP) is 3.00. The number of urea groups is 1. The summed E-state index contributed by atoms with van der Waals surface area (Å²) in [6, 6.07) is 7.30. The van der Waals surface area contributed by atoms with Gasteiger partial charge in [0.15, 0.2) is 0 Å². The Morgan fingerprint density at radius 2 is 2.27 bits per heavy atom. The van der Waals surface area contributed by atoms with Gasteiger partial charge in [0.1, 0.15) is 17.6 Å². The van der Waals surface area contributed by atoms with Crippen molar-refractivity contribution in [1.82, 2.24) is 10.6 Å². The van der Waals surface area contributed by atoms with Crippen LogP contribution in [0.5, 0.6) is 0 Å². The Kier molecular flexibility index (Phi) is 4.49. The highest BCUT2D eigenvalue weighted by molar-refractivity contribution is 7.10. The quantitative estimate of drug-likeness (QED) is 0.766. The van der Waals surface area contributed by atoms with Crippen molar-refractivity contribution in [2.45, 2.75) is 31.9 Å². The molecule has 1 aliphatic rings. The molecule has 3 rings (SSSR count). The smallest absolute Gasteiger partial charge is 0.315 e. The highest BCUT2D eigenvalue weighted by Gasteiger charge is 2.36. The van der Waals surface area contributed by atoms with Crippen LogP contribution in [-0.2, 0) is 6.54 Å². The van der Waals surface area contributed by atoms with Gasteiger partial charge in [-0.15, -0.1) is 11.3 Å². The maximum Gasteiger partial charge on any atom is 0.315 e. The van der Waals surface area contributed by atoms with Gasteiger partial charge in [-0.3, -0.25) is 0 Å². The molecule has 3 unspecified atom stereocenters. The first kappa shape index (κ1) is 15.1. The molecule has 1 fully saturated rings. The number of carbonyl (C=O) groups is 1. The SMILES string of the molecule is CC1CC1c1ccc(CNC(=O)NCC(O)c2cccs2)o1. The van der Waals surface area contributed by atoms with Crippen LogP contribution in [0.3, 0.4) is 0 Å². The van der Waals surface area contributed by atoms with E-state index in [0.717, 1.165) is 16.4 Å². The van der Waals surface area contributed by atoms with Crippen LogP contribution >= 0.6 is 11.3 Å². The Hall–Kier alpha value is -1.79. The van der Waals surface area contributed by atoms with E-state index in [1.807, 2.05) is 29.6 Å². The zero-order valence-electron chi connectivity index (χ0n) is 12.4. The van der Waals surface area contributed by atoms with Gasteiger partial charge >= 0.3 is 6.03 Å². The fourth-order valence-corrected chi connectivity index (χ4v) is 3.12. The minimum Gasteiger partial charge on any atom is -0.464 e. The molecule has 0 aromatic carbocycles. The molecule has 0 aliphatic heterocycles. The molecule has 0 saturated heterocycles. The number of aliphatic hydroxyl groups excluding tert-OH is 1. The highest BCUT2D eigenvalue weighted by Crippen LogP contribution is 2.47. The van der Waals surface area contributed by atoms with Crippen LogP contribution in [0.4, 0.5) is 4.79 Å². The number of thiophene rings is 1. The summed E-state index contributed by atoms with van der Waals surface area (Å²) in [6.07, 6.45) is 0.513. The van der Waals surface area contributed by atoms with Crippen LogP contribution in [0, 0.1) is 5.92 Å². The van der Waals surface area contributed by atoms with Crippen molar-refractivity contribution in [3.8, 4) is 0 Å². The van der Waals surface area contributed by atoms with Gasteiger partial charge in [-0.05, 0) is 35.9 Å². The summed E-state index contributed by atoms with van der Waals surface area (Å²) >= 11 is 1.47. The first-order valence-electron chi connectivity index (χ1n) is 7.45. The summed E-state index contributed by atoms with van der Waals surface area (Å²) in [5.41, 5.74) is 0. The zero-order chi connectivity index (χ0) is 15.5. The van der Waals surface area contributed by atoms with Crippen molar-refractivity contribution in [1.29, 1.82) is 0 Å². The standard InChI is InChI=1S/C16H20N2O3S/c1-10-7-12(10)14-5-4-11(21-14)8-17-16(20)18-9-13(19)15-3-2-6-22-15/h2-6,10,12-13,19H,7-9H2,1H3,(H2,17,18,20). The van der Waals surface area contributed by atoms with E-state index in [0.29, 0.717) is 18.4 Å². The highest BCUT2D eigenvalue weighted by atomic mass is 32.1. The molecule has 1 saturated carbocycles. The zero-order valence-corrected chi connectivity index (χ0v) is 13.2. The number of aliphatic hydroxyl groups is 1. The van der Waals surface area contributed by atoms with Gasteiger partial charge in [0.25, 0.3) is 0 Å². The van der Waals surface area contributed by atoms with E-state index in [1.165, 1.54) is 17.8 Å². The van der Waals surface area contributed by atoms with Gasteiger partial charge in [0.05, 0.1) is 13.1 Å².